The van der Waals surface area contributed by atoms with Crippen molar-refractivity contribution in [2.75, 3.05) is 7.11 Å². The van der Waals surface area contributed by atoms with E-state index in [9.17, 15) is 4.79 Å². The van der Waals surface area contributed by atoms with E-state index in [2.05, 4.69) is 6.58 Å². The van der Waals surface area contributed by atoms with E-state index in [-0.39, 0.29) is 11.9 Å². The zero-order valence-corrected chi connectivity index (χ0v) is 7.38. The molecule has 0 aromatic rings. The number of carbonyl (C=O) groups is 1. The fourth-order valence-corrected chi connectivity index (χ4v) is 1.33. The molecule has 2 nitrogen and oxygen atoms in total. The number of ketones is 1. The molecule has 0 N–H and O–H groups in total. The maximum Gasteiger partial charge on any atom is 0.162 e. The number of allylic oxidation sites excluding steroid dienone is 2. The van der Waals surface area contributed by atoms with Gasteiger partial charge in [0, 0.05) is 13.5 Å². The van der Waals surface area contributed by atoms with Gasteiger partial charge < -0.3 is 4.74 Å². The maximum absolute atomic E-state index is 11.3. The number of carbonyl (C=O) groups excluding carboxylic acids is 1. The molecule has 0 aliphatic heterocycles. The molecular formula is C10H14O2. The summed E-state index contributed by atoms with van der Waals surface area (Å²) in [5.74, 6) is 0.200. The van der Waals surface area contributed by atoms with E-state index in [1.54, 1.807) is 7.11 Å². The van der Waals surface area contributed by atoms with E-state index in [4.69, 9.17) is 4.74 Å². The molecule has 0 spiro atoms. The molecule has 1 aliphatic carbocycles. The number of ether oxygens (including phenoxy) is 1. The molecule has 1 rings (SSSR count). The summed E-state index contributed by atoms with van der Waals surface area (Å²) in [6.45, 7) is 3.68. The van der Waals surface area contributed by atoms with Gasteiger partial charge in [0.1, 0.15) is 6.10 Å². The minimum atomic E-state index is -0.234. The minimum Gasteiger partial charge on any atom is -0.373 e. The van der Waals surface area contributed by atoms with Gasteiger partial charge in [-0.15, -0.1) is 0 Å². The lowest BCUT2D eigenvalue weighted by Crippen LogP contribution is -2.20. The molecule has 2 heteroatoms. The molecule has 1 unspecified atom stereocenters. The molecule has 0 heterocycles. The third-order valence-electron chi connectivity index (χ3n) is 2.16. The summed E-state index contributed by atoms with van der Waals surface area (Å²) in [5.41, 5.74) is 1.16. The number of methoxy groups -OCH3 is 1. The van der Waals surface area contributed by atoms with Crippen molar-refractivity contribution in [1.82, 2.24) is 0 Å². The van der Waals surface area contributed by atoms with Crippen LogP contribution in [0.4, 0.5) is 0 Å². The summed E-state index contributed by atoms with van der Waals surface area (Å²) in [6, 6.07) is 0. The lowest BCUT2D eigenvalue weighted by molar-refractivity contribution is -0.128. The van der Waals surface area contributed by atoms with Crippen molar-refractivity contribution in [3.8, 4) is 0 Å². The molecule has 0 saturated carbocycles. The predicted octanol–water partition coefficient (Wildman–Crippen LogP) is 1.87. The molecule has 0 bridgehead atoms. The lowest BCUT2D eigenvalue weighted by Gasteiger charge is -2.08. The number of hydrogen-bond acceptors (Lipinski definition) is 2. The van der Waals surface area contributed by atoms with Crippen LogP contribution in [0, 0.1) is 0 Å². The standard InChI is InChI=1S/C10H14O2/c1-3-8-4-6-9(11)10(12-2)7-5-8/h3,5,10H,1,4,6-7H2,2H3. The molecule has 0 radical (unpaired) electrons. The van der Waals surface area contributed by atoms with Crippen LogP contribution in [0.2, 0.25) is 0 Å². The van der Waals surface area contributed by atoms with Gasteiger partial charge in [0.25, 0.3) is 0 Å². The highest BCUT2D eigenvalue weighted by Crippen LogP contribution is 2.17. The van der Waals surface area contributed by atoms with Crippen molar-refractivity contribution < 1.29 is 9.53 Å². The van der Waals surface area contributed by atoms with E-state index < -0.39 is 0 Å². The smallest absolute Gasteiger partial charge is 0.162 e. The van der Waals surface area contributed by atoms with Gasteiger partial charge in [-0.05, 0) is 12.8 Å². The Kier molecular flexibility index (Phi) is 3.23. The average molecular weight is 166 g/mol. The SMILES string of the molecule is C=CC1=CCC(OC)C(=O)CC1. The fourth-order valence-electron chi connectivity index (χ4n) is 1.33. The van der Waals surface area contributed by atoms with Gasteiger partial charge in [-0.2, -0.15) is 0 Å². The molecule has 1 aliphatic rings. The highest BCUT2D eigenvalue weighted by Gasteiger charge is 2.18. The first kappa shape index (κ1) is 9.20. The van der Waals surface area contributed by atoms with Gasteiger partial charge in [-0.25, -0.2) is 0 Å². The van der Waals surface area contributed by atoms with Crippen LogP contribution in [0.15, 0.2) is 24.3 Å². The average Bonchev–Trinajstić information content (AvgIpc) is 2.27. The van der Waals surface area contributed by atoms with Gasteiger partial charge in [0.2, 0.25) is 0 Å². The van der Waals surface area contributed by atoms with Crippen LogP contribution in [-0.4, -0.2) is 19.0 Å². The second kappa shape index (κ2) is 4.21. The molecule has 1 atom stereocenters. The van der Waals surface area contributed by atoms with Gasteiger partial charge in [-0.3, -0.25) is 4.79 Å². The van der Waals surface area contributed by atoms with Crippen molar-refractivity contribution in [1.29, 1.82) is 0 Å². The highest BCUT2D eigenvalue weighted by molar-refractivity contribution is 5.84. The zero-order valence-electron chi connectivity index (χ0n) is 7.38. The molecule has 0 aromatic carbocycles. The number of Topliss-reactive ketones (excluding diaryl/α,β-unsaturated/α-hetero) is 1. The Balaban J connectivity index is 2.66. The summed E-state index contributed by atoms with van der Waals surface area (Å²) < 4.78 is 5.05. The van der Waals surface area contributed by atoms with E-state index >= 15 is 0 Å². The van der Waals surface area contributed by atoms with Gasteiger partial charge in [0.05, 0.1) is 0 Å². The van der Waals surface area contributed by atoms with Gasteiger partial charge >= 0.3 is 0 Å². The van der Waals surface area contributed by atoms with Crippen LogP contribution in [0.5, 0.6) is 0 Å². The van der Waals surface area contributed by atoms with Crippen LogP contribution < -0.4 is 0 Å². The summed E-state index contributed by atoms with van der Waals surface area (Å²) >= 11 is 0. The fraction of sp³-hybridized carbons (Fsp3) is 0.500. The zero-order chi connectivity index (χ0) is 8.97. The Labute approximate surface area is 72.9 Å². The van der Waals surface area contributed by atoms with E-state index in [1.807, 2.05) is 12.2 Å². The third kappa shape index (κ3) is 2.05. The van der Waals surface area contributed by atoms with Gasteiger partial charge in [-0.1, -0.05) is 24.3 Å². The van der Waals surface area contributed by atoms with Gasteiger partial charge in [0.15, 0.2) is 5.78 Å². The third-order valence-corrected chi connectivity index (χ3v) is 2.16. The normalized spacial score (nSPS) is 24.6. The van der Waals surface area contributed by atoms with Crippen molar-refractivity contribution in [2.24, 2.45) is 0 Å². The number of hydrogen-bond donors (Lipinski definition) is 0. The predicted molar refractivity (Wildman–Crippen MR) is 47.9 cm³/mol. The van der Waals surface area contributed by atoms with Crippen molar-refractivity contribution >= 4 is 5.78 Å². The van der Waals surface area contributed by atoms with Crippen molar-refractivity contribution in [3.05, 3.63) is 24.3 Å². The molecule has 0 saturated heterocycles. The highest BCUT2D eigenvalue weighted by atomic mass is 16.5. The summed E-state index contributed by atoms with van der Waals surface area (Å²) in [4.78, 5) is 11.3. The molecule has 0 fully saturated rings. The Morgan fingerprint density at radius 2 is 2.42 bits per heavy atom. The summed E-state index contributed by atoms with van der Waals surface area (Å²) in [7, 11) is 1.58. The maximum atomic E-state index is 11.3. The summed E-state index contributed by atoms with van der Waals surface area (Å²) in [5, 5.41) is 0. The second-order valence-corrected chi connectivity index (χ2v) is 2.91. The van der Waals surface area contributed by atoms with Crippen LogP contribution >= 0.6 is 0 Å². The van der Waals surface area contributed by atoms with Crippen LogP contribution in [0.1, 0.15) is 19.3 Å². The second-order valence-electron chi connectivity index (χ2n) is 2.91. The van der Waals surface area contributed by atoms with Crippen LogP contribution in [0.3, 0.4) is 0 Å². The Morgan fingerprint density at radius 3 is 3.00 bits per heavy atom. The Hall–Kier alpha value is -0.890. The quantitative estimate of drug-likeness (QED) is 0.626. The van der Waals surface area contributed by atoms with Crippen LogP contribution in [0.25, 0.3) is 0 Å². The Morgan fingerprint density at radius 1 is 1.67 bits per heavy atom. The molecule has 66 valence electrons. The molecule has 12 heavy (non-hydrogen) atoms. The topological polar surface area (TPSA) is 26.3 Å². The van der Waals surface area contributed by atoms with E-state index in [0.717, 1.165) is 12.0 Å². The monoisotopic (exact) mass is 166 g/mol. The molecule has 0 aromatic heterocycles. The minimum absolute atomic E-state index is 0.200. The van der Waals surface area contributed by atoms with Crippen molar-refractivity contribution in [2.45, 2.75) is 25.4 Å². The Bertz CT molecular complexity index is 216. The van der Waals surface area contributed by atoms with E-state index in [0.29, 0.717) is 12.8 Å². The first-order valence-electron chi connectivity index (χ1n) is 4.15. The van der Waals surface area contributed by atoms with Crippen LogP contribution in [-0.2, 0) is 9.53 Å². The summed E-state index contributed by atoms with van der Waals surface area (Å²) in [6.07, 6.45) is 5.69. The molecule has 0 amide bonds. The van der Waals surface area contributed by atoms with Crippen molar-refractivity contribution in [3.63, 3.8) is 0 Å². The van der Waals surface area contributed by atoms with E-state index in [1.165, 1.54) is 0 Å². The first-order chi connectivity index (χ1) is 5.77. The molecular weight excluding hydrogens is 152 g/mol. The first-order valence-corrected chi connectivity index (χ1v) is 4.15. The lowest BCUT2D eigenvalue weighted by atomic mass is 10.1. The number of rotatable bonds is 2. The largest absolute Gasteiger partial charge is 0.373 e.